The Morgan fingerprint density at radius 3 is 2.81 bits per heavy atom. The number of fused-ring (bicyclic) bond motifs is 1. The molecule has 2 aromatic rings. The number of nitrogens with zero attached hydrogens (tertiary/aromatic N) is 3. The Morgan fingerprint density at radius 2 is 1.96 bits per heavy atom. The van der Waals surface area contributed by atoms with Crippen molar-refractivity contribution in [3.05, 3.63) is 29.8 Å². The van der Waals surface area contributed by atoms with Crippen LogP contribution in [0.25, 0.3) is 0 Å². The zero-order chi connectivity index (χ0) is 18.6. The largest absolute Gasteiger partial charge is 0.339 e. The van der Waals surface area contributed by atoms with Crippen molar-refractivity contribution in [2.24, 2.45) is 5.92 Å². The van der Waals surface area contributed by atoms with E-state index in [4.69, 9.17) is 0 Å². The summed E-state index contributed by atoms with van der Waals surface area (Å²) in [5.41, 5.74) is 2.23. The molecule has 2 aliphatic rings. The van der Waals surface area contributed by atoms with Gasteiger partial charge in [-0.1, -0.05) is 53.6 Å². The van der Waals surface area contributed by atoms with Gasteiger partial charge in [0.05, 0.1) is 5.75 Å². The first kappa shape index (κ1) is 18.7. The molecule has 1 aliphatic carbocycles. The molecular formula is C20H26N4OS2. The summed E-state index contributed by atoms with van der Waals surface area (Å²) >= 11 is 3.01. The Kier molecular flexibility index (Phi) is 5.98. The van der Waals surface area contributed by atoms with Crippen LogP contribution in [0.1, 0.15) is 44.1 Å². The van der Waals surface area contributed by atoms with E-state index >= 15 is 0 Å². The van der Waals surface area contributed by atoms with E-state index in [1.807, 2.05) is 12.1 Å². The highest BCUT2D eigenvalue weighted by Crippen LogP contribution is 2.36. The molecule has 5 nitrogen and oxygen atoms in total. The molecule has 4 rings (SSSR count). The number of rotatable bonds is 5. The van der Waals surface area contributed by atoms with Gasteiger partial charge in [0.2, 0.25) is 11.0 Å². The van der Waals surface area contributed by atoms with Crippen LogP contribution >= 0.6 is 23.1 Å². The van der Waals surface area contributed by atoms with Gasteiger partial charge in [-0.2, -0.15) is 0 Å². The Morgan fingerprint density at radius 1 is 1.19 bits per heavy atom. The SMILES string of the molecule is Cc1ccc(Nc2nnc(SCC(=O)N3CCCC4CCCCC43)s2)cc1. The van der Waals surface area contributed by atoms with Crippen LogP contribution in [-0.4, -0.2) is 39.3 Å². The number of anilines is 2. The number of aryl methyl sites for hydroxylation is 1. The number of carbonyl (C=O) groups excluding carboxylic acids is 1. The molecule has 27 heavy (non-hydrogen) atoms. The van der Waals surface area contributed by atoms with Crippen LogP contribution in [0.5, 0.6) is 0 Å². The topological polar surface area (TPSA) is 58.1 Å². The number of carbonyl (C=O) groups is 1. The number of benzene rings is 1. The van der Waals surface area contributed by atoms with Gasteiger partial charge in [0.25, 0.3) is 0 Å². The Bertz CT molecular complexity index is 775. The van der Waals surface area contributed by atoms with Crippen LogP contribution < -0.4 is 5.32 Å². The number of nitrogens with one attached hydrogen (secondary N) is 1. The third kappa shape index (κ3) is 4.63. The van der Waals surface area contributed by atoms with Gasteiger partial charge < -0.3 is 10.2 Å². The molecule has 144 valence electrons. The molecule has 0 radical (unpaired) electrons. The van der Waals surface area contributed by atoms with Crippen molar-refractivity contribution in [3.63, 3.8) is 0 Å². The fraction of sp³-hybridized carbons (Fsp3) is 0.550. The van der Waals surface area contributed by atoms with Crippen molar-refractivity contribution in [1.29, 1.82) is 0 Å². The molecule has 0 spiro atoms. The number of hydrogen-bond acceptors (Lipinski definition) is 6. The quantitative estimate of drug-likeness (QED) is 0.724. The van der Waals surface area contributed by atoms with E-state index in [-0.39, 0.29) is 5.91 Å². The smallest absolute Gasteiger partial charge is 0.233 e. The van der Waals surface area contributed by atoms with Crippen molar-refractivity contribution in [2.75, 3.05) is 17.6 Å². The lowest BCUT2D eigenvalue weighted by atomic mass is 9.78. The van der Waals surface area contributed by atoms with E-state index in [1.54, 1.807) is 0 Å². The second-order valence-corrected chi connectivity index (χ2v) is 9.69. The lowest BCUT2D eigenvalue weighted by molar-refractivity contribution is -0.134. The monoisotopic (exact) mass is 402 g/mol. The average Bonchev–Trinajstić information content (AvgIpc) is 3.15. The minimum Gasteiger partial charge on any atom is -0.339 e. The zero-order valence-corrected chi connectivity index (χ0v) is 17.3. The normalized spacial score (nSPS) is 22.3. The van der Waals surface area contributed by atoms with Crippen molar-refractivity contribution in [2.45, 2.75) is 55.8 Å². The fourth-order valence-corrected chi connectivity index (χ4v) is 5.88. The first-order chi connectivity index (χ1) is 13.2. The summed E-state index contributed by atoms with van der Waals surface area (Å²) in [6.07, 6.45) is 7.53. The third-order valence-corrected chi connectivity index (χ3v) is 7.55. The lowest BCUT2D eigenvalue weighted by Gasteiger charge is -2.44. The number of amides is 1. The number of piperidine rings is 1. The highest BCUT2D eigenvalue weighted by molar-refractivity contribution is 8.01. The first-order valence-electron chi connectivity index (χ1n) is 9.78. The maximum atomic E-state index is 12.8. The Labute approximate surface area is 168 Å². The summed E-state index contributed by atoms with van der Waals surface area (Å²) in [4.78, 5) is 15.0. The van der Waals surface area contributed by atoms with Gasteiger partial charge in [0, 0.05) is 18.3 Å². The fourth-order valence-electron chi connectivity index (χ4n) is 4.22. The van der Waals surface area contributed by atoms with E-state index in [0.29, 0.717) is 11.8 Å². The molecule has 7 heteroatoms. The predicted octanol–water partition coefficient (Wildman–Crippen LogP) is 4.86. The van der Waals surface area contributed by atoms with Gasteiger partial charge in [-0.25, -0.2) is 0 Å². The standard InChI is InChI=1S/C20H26N4OS2/c1-14-8-10-16(11-9-14)21-19-22-23-20(27-19)26-13-18(25)24-12-4-6-15-5-2-3-7-17(15)24/h8-11,15,17H,2-7,12-13H2,1H3,(H,21,22). The van der Waals surface area contributed by atoms with Crippen LogP contribution in [0.2, 0.25) is 0 Å². The van der Waals surface area contributed by atoms with Crippen LogP contribution in [0.4, 0.5) is 10.8 Å². The molecule has 2 atom stereocenters. The van der Waals surface area contributed by atoms with Crippen molar-refractivity contribution < 1.29 is 4.79 Å². The third-order valence-electron chi connectivity index (χ3n) is 5.59. The molecule has 0 bridgehead atoms. The van der Waals surface area contributed by atoms with E-state index in [2.05, 4.69) is 39.5 Å². The molecule has 1 N–H and O–H groups in total. The predicted molar refractivity (Wildman–Crippen MR) is 112 cm³/mol. The molecule has 1 aromatic carbocycles. The number of likely N-dealkylation sites (tertiary alicyclic amines) is 1. The summed E-state index contributed by atoms with van der Waals surface area (Å²) in [6.45, 7) is 3.00. The van der Waals surface area contributed by atoms with Crippen LogP contribution in [0.15, 0.2) is 28.6 Å². The highest BCUT2D eigenvalue weighted by Gasteiger charge is 2.35. The number of hydrogen-bond donors (Lipinski definition) is 1. The maximum Gasteiger partial charge on any atom is 0.233 e. The maximum absolute atomic E-state index is 12.8. The molecule has 1 saturated heterocycles. The van der Waals surface area contributed by atoms with Crippen molar-refractivity contribution >= 4 is 39.8 Å². The number of aromatic nitrogens is 2. The average molecular weight is 403 g/mol. The molecule has 2 unspecified atom stereocenters. The molecule has 2 heterocycles. The Hall–Kier alpha value is -1.60. The minimum atomic E-state index is 0.264. The molecular weight excluding hydrogens is 376 g/mol. The van der Waals surface area contributed by atoms with Crippen molar-refractivity contribution in [1.82, 2.24) is 15.1 Å². The summed E-state index contributed by atoms with van der Waals surface area (Å²) in [5.74, 6) is 1.45. The molecule has 1 saturated carbocycles. The minimum absolute atomic E-state index is 0.264. The second-order valence-electron chi connectivity index (χ2n) is 7.49. The van der Waals surface area contributed by atoms with Gasteiger partial charge in [-0.15, -0.1) is 10.2 Å². The van der Waals surface area contributed by atoms with Gasteiger partial charge in [-0.05, 0) is 50.7 Å². The van der Waals surface area contributed by atoms with E-state index in [1.165, 1.54) is 60.8 Å². The van der Waals surface area contributed by atoms with Crippen LogP contribution in [0, 0.1) is 12.8 Å². The first-order valence-corrected chi connectivity index (χ1v) is 11.6. The lowest BCUT2D eigenvalue weighted by Crippen LogP contribution is -2.50. The van der Waals surface area contributed by atoms with Gasteiger partial charge >= 0.3 is 0 Å². The van der Waals surface area contributed by atoms with E-state index in [0.717, 1.165) is 34.0 Å². The molecule has 2 fully saturated rings. The summed E-state index contributed by atoms with van der Waals surface area (Å²) in [5, 5.41) is 12.5. The van der Waals surface area contributed by atoms with E-state index in [9.17, 15) is 4.79 Å². The van der Waals surface area contributed by atoms with Gasteiger partial charge in [-0.3, -0.25) is 4.79 Å². The summed E-state index contributed by atoms with van der Waals surface area (Å²) in [7, 11) is 0. The van der Waals surface area contributed by atoms with Gasteiger partial charge in [0.1, 0.15) is 0 Å². The molecule has 1 amide bonds. The van der Waals surface area contributed by atoms with Crippen LogP contribution in [0.3, 0.4) is 0 Å². The van der Waals surface area contributed by atoms with E-state index < -0.39 is 0 Å². The Balaban J connectivity index is 1.31. The zero-order valence-electron chi connectivity index (χ0n) is 15.7. The summed E-state index contributed by atoms with van der Waals surface area (Å²) < 4.78 is 0.843. The highest BCUT2D eigenvalue weighted by atomic mass is 32.2. The van der Waals surface area contributed by atoms with Crippen LogP contribution in [-0.2, 0) is 4.79 Å². The number of thioether (sulfide) groups is 1. The van der Waals surface area contributed by atoms with Gasteiger partial charge in [0.15, 0.2) is 4.34 Å². The second kappa shape index (κ2) is 8.61. The summed E-state index contributed by atoms with van der Waals surface area (Å²) in [6, 6.07) is 8.67. The molecule has 1 aliphatic heterocycles. The molecule has 1 aromatic heterocycles. The van der Waals surface area contributed by atoms with Crippen molar-refractivity contribution in [3.8, 4) is 0 Å².